The Balaban J connectivity index is 1.95. The van der Waals surface area contributed by atoms with Crippen molar-refractivity contribution in [3.05, 3.63) is 23.8 Å². The molecule has 0 unspecified atom stereocenters. The van der Waals surface area contributed by atoms with E-state index in [1.54, 1.807) is 14.2 Å². The quantitative estimate of drug-likeness (QED) is 0.854. The van der Waals surface area contributed by atoms with Gasteiger partial charge in [0.05, 0.1) is 20.8 Å². The summed E-state index contributed by atoms with van der Waals surface area (Å²) >= 11 is 0. The summed E-state index contributed by atoms with van der Waals surface area (Å²) in [5.41, 5.74) is 1.24. The fraction of sp³-hybridized carbons (Fsp3) is 0.625. The Morgan fingerprint density at radius 1 is 1.00 bits per heavy atom. The molecular weight excluding hydrogens is 268 g/mol. The van der Waals surface area contributed by atoms with Gasteiger partial charge in [-0.1, -0.05) is 6.07 Å². The number of nitrogens with zero attached hydrogens (tertiary/aromatic N) is 2. The Hall–Kier alpha value is -1.30. The molecule has 0 aromatic heterocycles. The maximum atomic E-state index is 9.04. The molecule has 5 nitrogen and oxygen atoms in total. The molecule has 0 spiro atoms. The first kappa shape index (κ1) is 16.1. The van der Waals surface area contributed by atoms with E-state index in [1.165, 1.54) is 5.56 Å². The maximum Gasteiger partial charge on any atom is 0.161 e. The fourth-order valence-corrected chi connectivity index (χ4v) is 2.78. The van der Waals surface area contributed by atoms with Crippen molar-refractivity contribution in [2.45, 2.75) is 13.0 Å². The average Bonchev–Trinajstić information content (AvgIpc) is 2.73. The molecule has 0 atom stereocenters. The van der Waals surface area contributed by atoms with Gasteiger partial charge in [0.2, 0.25) is 0 Å². The van der Waals surface area contributed by atoms with Crippen LogP contribution in [0.3, 0.4) is 0 Å². The van der Waals surface area contributed by atoms with Gasteiger partial charge >= 0.3 is 0 Å². The summed E-state index contributed by atoms with van der Waals surface area (Å²) in [7, 11) is 3.32. The van der Waals surface area contributed by atoms with Crippen molar-refractivity contribution in [2.75, 3.05) is 53.6 Å². The van der Waals surface area contributed by atoms with E-state index in [1.807, 2.05) is 6.07 Å². The smallest absolute Gasteiger partial charge is 0.161 e. The van der Waals surface area contributed by atoms with Crippen molar-refractivity contribution in [3.63, 3.8) is 0 Å². The standard InChI is InChI=1S/C16H26N2O3/c1-20-15-5-4-14(12-16(15)21-2)13-18-7-3-6-17(8-9-18)10-11-19/h4-5,12,19H,3,6-11,13H2,1-2H3. The predicted octanol–water partition coefficient (Wildman–Crippen LogP) is 1.20. The second kappa shape index (κ2) is 8.22. The number of aliphatic hydroxyl groups is 1. The predicted molar refractivity (Wildman–Crippen MR) is 83.0 cm³/mol. The molecule has 1 aliphatic heterocycles. The van der Waals surface area contributed by atoms with E-state index < -0.39 is 0 Å². The molecule has 1 aromatic rings. The molecule has 2 rings (SSSR count). The van der Waals surface area contributed by atoms with Gasteiger partial charge in [0, 0.05) is 26.2 Å². The van der Waals surface area contributed by atoms with Gasteiger partial charge in [-0.15, -0.1) is 0 Å². The molecule has 1 saturated heterocycles. The lowest BCUT2D eigenvalue weighted by atomic mass is 10.2. The first-order valence-corrected chi connectivity index (χ1v) is 7.53. The fourth-order valence-electron chi connectivity index (χ4n) is 2.78. The normalized spacial score (nSPS) is 17.5. The van der Waals surface area contributed by atoms with Crippen LogP contribution in [0.2, 0.25) is 0 Å². The second-order valence-electron chi connectivity index (χ2n) is 5.38. The largest absolute Gasteiger partial charge is 0.493 e. The molecule has 0 aliphatic carbocycles. The Morgan fingerprint density at radius 3 is 2.43 bits per heavy atom. The monoisotopic (exact) mass is 294 g/mol. The van der Waals surface area contributed by atoms with Gasteiger partial charge in [0.1, 0.15) is 0 Å². The minimum atomic E-state index is 0.246. The van der Waals surface area contributed by atoms with Crippen LogP contribution in [0.25, 0.3) is 0 Å². The van der Waals surface area contributed by atoms with E-state index in [-0.39, 0.29) is 6.61 Å². The highest BCUT2D eigenvalue weighted by Crippen LogP contribution is 2.28. The molecule has 5 heteroatoms. The summed E-state index contributed by atoms with van der Waals surface area (Å²) in [6.07, 6.45) is 1.15. The third-order valence-corrected chi connectivity index (χ3v) is 3.95. The summed E-state index contributed by atoms with van der Waals surface area (Å²) in [4.78, 5) is 4.78. The van der Waals surface area contributed by atoms with Crippen molar-refractivity contribution in [1.29, 1.82) is 0 Å². The van der Waals surface area contributed by atoms with Crippen LogP contribution in [-0.2, 0) is 6.54 Å². The first-order chi connectivity index (χ1) is 10.3. The van der Waals surface area contributed by atoms with Gasteiger partial charge in [-0.2, -0.15) is 0 Å². The number of aliphatic hydroxyl groups excluding tert-OH is 1. The molecule has 0 radical (unpaired) electrons. The van der Waals surface area contributed by atoms with Crippen LogP contribution in [-0.4, -0.2) is 68.5 Å². The van der Waals surface area contributed by atoms with E-state index >= 15 is 0 Å². The molecule has 21 heavy (non-hydrogen) atoms. The molecule has 118 valence electrons. The molecule has 0 bridgehead atoms. The zero-order valence-corrected chi connectivity index (χ0v) is 13.0. The van der Waals surface area contributed by atoms with Crippen LogP contribution in [0.1, 0.15) is 12.0 Å². The number of ether oxygens (including phenoxy) is 2. The van der Waals surface area contributed by atoms with Crippen molar-refractivity contribution >= 4 is 0 Å². The second-order valence-corrected chi connectivity index (χ2v) is 5.38. The molecule has 0 saturated carbocycles. The number of benzene rings is 1. The summed E-state index contributed by atoms with van der Waals surface area (Å²) in [5.74, 6) is 1.55. The van der Waals surface area contributed by atoms with Crippen LogP contribution in [0.5, 0.6) is 11.5 Å². The SMILES string of the molecule is COc1ccc(CN2CCCN(CCO)CC2)cc1OC. The van der Waals surface area contributed by atoms with Crippen molar-refractivity contribution in [1.82, 2.24) is 9.80 Å². The number of β-amino-alcohol motifs (C(OH)–C–C–N with tert-alkyl or cyclic N) is 1. The average molecular weight is 294 g/mol. The van der Waals surface area contributed by atoms with E-state index in [2.05, 4.69) is 21.9 Å². The Kier molecular flexibility index (Phi) is 6.29. The van der Waals surface area contributed by atoms with Gasteiger partial charge in [-0.25, -0.2) is 0 Å². The molecule has 1 heterocycles. The number of hydrogen-bond acceptors (Lipinski definition) is 5. The van der Waals surface area contributed by atoms with E-state index in [9.17, 15) is 0 Å². The van der Waals surface area contributed by atoms with Crippen LogP contribution in [0.15, 0.2) is 18.2 Å². The summed E-state index contributed by atoms with van der Waals surface area (Å²) in [5, 5.41) is 9.04. The third-order valence-electron chi connectivity index (χ3n) is 3.95. The van der Waals surface area contributed by atoms with E-state index in [4.69, 9.17) is 14.6 Å². The van der Waals surface area contributed by atoms with E-state index in [0.29, 0.717) is 0 Å². The third kappa shape index (κ3) is 4.59. The van der Waals surface area contributed by atoms with Gasteiger partial charge in [-0.3, -0.25) is 9.80 Å². The summed E-state index contributed by atoms with van der Waals surface area (Å²) in [6.45, 7) is 6.18. The molecular formula is C16H26N2O3. The number of rotatable bonds is 6. The zero-order chi connectivity index (χ0) is 15.1. The minimum Gasteiger partial charge on any atom is -0.493 e. The highest BCUT2D eigenvalue weighted by Gasteiger charge is 2.15. The lowest BCUT2D eigenvalue weighted by molar-refractivity contribution is 0.196. The Bertz CT molecular complexity index is 440. The number of methoxy groups -OCH3 is 2. The van der Waals surface area contributed by atoms with Crippen LogP contribution >= 0.6 is 0 Å². The maximum absolute atomic E-state index is 9.04. The van der Waals surface area contributed by atoms with Gasteiger partial charge in [0.25, 0.3) is 0 Å². The molecule has 1 N–H and O–H groups in total. The van der Waals surface area contributed by atoms with Crippen LogP contribution < -0.4 is 9.47 Å². The van der Waals surface area contributed by atoms with Crippen molar-refractivity contribution in [2.24, 2.45) is 0 Å². The first-order valence-electron chi connectivity index (χ1n) is 7.53. The molecule has 0 amide bonds. The van der Waals surface area contributed by atoms with Crippen molar-refractivity contribution in [3.8, 4) is 11.5 Å². The van der Waals surface area contributed by atoms with Gasteiger partial charge in [-0.05, 0) is 37.2 Å². The molecule has 1 aromatic carbocycles. The van der Waals surface area contributed by atoms with Crippen LogP contribution in [0, 0.1) is 0 Å². The molecule has 1 aliphatic rings. The van der Waals surface area contributed by atoms with Gasteiger partial charge in [0.15, 0.2) is 11.5 Å². The Labute approximate surface area is 127 Å². The topological polar surface area (TPSA) is 45.2 Å². The lowest BCUT2D eigenvalue weighted by Gasteiger charge is -2.21. The lowest BCUT2D eigenvalue weighted by Crippen LogP contribution is -2.32. The Morgan fingerprint density at radius 2 is 1.71 bits per heavy atom. The minimum absolute atomic E-state index is 0.246. The highest BCUT2D eigenvalue weighted by atomic mass is 16.5. The van der Waals surface area contributed by atoms with E-state index in [0.717, 1.165) is 57.2 Å². The van der Waals surface area contributed by atoms with Crippen molar-refractivity contribution < 1.29 is 14.6 Å². The molecule has 1 fully saturated rings. The summed E-state index contributed by atoms with van der Waals surface area (Å²) in [6, 6.07) is 6.11. The summed E-state index contributed by atoms with van der Waals surface area (Å²) < 4.78 is 10.6. The highest BCUT2D eigenvalue weighted by molar-refractivity contribution is 5.42. The zero-order valence-electron chi connectivity index (χ0n) is 13.0. The van der Waals surface area contributed by atoms with Gasteiger partial charge < -0.3 is 14.6 Å². The number of hydrogen-bond donors (Lipinski definition) is 1. The van der Waals surface area contributed by atoms with Crippen LogP contribution in [0.4, 0.5) is 0 Å².